The molecule has 0 spiro atoms. The largest absolute Gasteiger partial charge is 0.472 e. The lowest BCUT2D eigenvalue weighted by Gasteiger charge is -2.13. The van der Waals surface area contributed by atoms with E-state index in [2.05, 4.69) is 46.5 Å². The molecule has 3 aromatic rings. The van der Waals surface area contributed by atoms with E-state index >= 15 is 0 Å². The van der Waals surface area contributed by atoms with Crippen LogP contribution in [0.2, 0.25) is 0 Å². The predicted octanol–water partition coefficient (Wildman–Crippen LogP) is 3.84. The SMILES string of the molecule is CC(Nc1ccc(-c2cnc[nH]2)cc1)c1ccoc1. The lowest BCUT2D eigenvalue weighted by Crippen LogP contribution is -2.05. The van der Waals surface area contributed by atoms with Crippen molar-refractivity contribution < 1.29 is 4.42 Å². The Hall–Kier alpha value is -2.49. The number of furan rings is 1. The summed E-state index contributed by atoms with van der Waals surface area (Å²) >= 11 is 0. The van der Waals surface area contributed by atoms with Crippen molar-refractivity contribution in [3.8, 4) is 11.3 Å². The molecule has 0 aliphatic carbocycles. The molecule has 4 nitrogen and oxygen atoms in total. The molecule has 0 fully saturated rings. The van der Waals surface area contributed by atoms with Crippen LogP contribution in [0.15, 0.2) is 59.8 Å². The van der Waals surface area contributed by atoms with E-state index in [1.165, 1.54) is 0 Å². The molecule has 1 unspecified atom stereocenters. The van der Waals surface area contributed by atoms with Crippen LogP contribution in [-0.2, 0) is 0 Å². The van der Waals surface area contributed by atoms with E-state index in [9.17, 15) is 0 Å². The van der Waals surface area contributed by atoms with Gasteiger partial charge in [-0.15, -0.1) is 0 Å². The van der Waals surface area contributed by atoms with Crippen molar-refractivity contribution in [3.63, 3.8) is 0 Å². The Labute approximate surface area is 111 Å². The summed E-state index contributed by atoms with van der Waals surface area (Å²) in [6.07, 6.45) is 6.95. The monoisotopic (exact) mass is 253 g/mol. The number of anilines is 1. The predicted molar refractivity (Wildman–Crippen MR) is 74.8 cm³/mol. The standard InChI is InChI=1S/C15H15N3O/c1-11(13-6-7-19-9-13)18-14-4-2-12(3-5-14)15-8-16-10-17-15/h2-11,18H,1H3,(H,16,17). The van der Waals surface area contributed by atoms with Gasteiger partial charge in [-0.3, -0.25) is 0 Å². The Balaban J connectivity index is 1.73. The molecule has 1 atom stereocenters. The quantitative estimate of drug-likeness (QED) is 0.742. The van der Waals surface area contributed by atoms with Crippen molar-refractivity contribution in [2.45, 2.75) is 13.0 Å². The Kier molecular flexibility index (Phi) is 3.06. The number of aromatic amines is 1. The summed E-state index contributed by atoms with van der Waals surface area (Å²) in [7, 11) is 0. The molecule has 2 N–H and O–H groups in total. The molecule has 0 aliphatic heterocycles. The molecule has 2 aromatic heterocycles. The summed E-state index contributed by atoms with van der Waals surface area (Å²) in [6.45, 7) is 2.10. The fraction of sp³-hybridized carbons (Fsp3) is 0.133. The van der Waals surface area contributed by atoms with Crippen LogP contribution in [0.4, 0.5) is 5.69 Å². The third-order valence-electron chi connectivity index (χ3n) is 3.12. The minimum Gasteiger partial charge on any atom is -0.472 e. The summed E-state index contributed by atoms with van der Waals surface area (Å²) in [5.41, 5.74) is 4.36. The molecule has 1 aromatic carbocycles. The van der Waals surface area contributed by atoms with Crippen molar-refractivity contribution in [1.29, 1.82) is 0 Å². The van der Waals surface area contributed by atoms with Crippen molar-refractivity contribution in [3.05, 3.63) is 60.9 Å². The zero-order chi connectivity index (χ0) is 13.1. The normalized spacial score (nSPS) is 12.3. The van der Waals surface area contributed by atoms with Gasteiger partial charge in [0.2, 0.25) is 0 Å². The van der Waals surface area contributed by atoms with Gasteiger partial charge in [0, 0.05) is 11.3 Å². The Morgan fingerprint density at radius 3 is 2.68 bits per heavy atom. The maximum Gasteiger partial charge on any atom is 0.0955 e. The second-order valence-electron chi connectivity index (χ2n) is 4.47. The van der Waals surface area contributed by atoms with Crippen LogP contribution in [0.3, 0.4) is 0 Å². The number of nitrogens with one attached hydrogen (secondary N) is 2. The molecule has 2 heterocycles. The molecule has 96 valence electrons. The number of hydrogen-bond acceptors (Lipinski definition) is 3. The summed E-state index contributed by atoms with van der Waals surface area (Å²) in [6, 6.07) is 10.4. The van der Waals surface area contributed by atoms with Crippen molar-refractivity contribution in [1.82, 2.24) is 9.97 Å². The van der Waals surface area contributed by atoms with Gasteiger partial charge >= 0.3 is 0 Å². The maximum absolute atomic E-state index is 5.09. The van der Waals surface area contributed by atoms with Crippen molar-refractivity contribution >= 4 is 5.69 Å². The minimum absolute atomic E-state index is 0.219. The second kappa shape index (κ2) is 5.02. The Bertz CT molecular complexity index is 612. The van der Waals surface area contributed by atoms with Gasteiger partial charge < -0.3 is 14.7 Å². The van der Waals surface area contributed by atoms with Crippen LogP contribution in [-0.4, -0.2) is 9.97 Å². The third-order valence-corrected chi connectivity index (χ3v) is 3.12. The fourth-order valence-corrected chi connectivity index (χ4v) is 2.01. The van der Waals surface area contributed by atoms with Gasteiger partial charge in [-0.05, 0) is 30.7 Å². The lowest BCUT2D eigenvalue weighted by atomic mass is 10.1. The zero-order valence-electron chi connectivity index (χ0n) is 10.6. The Morgan fingerprint density at radius 2 is 2.05 bits per heavy atom. The number of nitrogens with zero attached hydrogens (tertiary/aromatic N) is 1. The molecule has 3 rings (SSSR count). The van der Waals surface area contributed by atoms with Gasteiger partial charge in [-0.2, -0.15) is 0 Å². The molecule has 4 heteroatoms. The number of aromatic nitrogens is 2. The van der Waals surface area contributed by atoms with Crippen LogP contribution < -0.4 is 5.32 Å². The average molecular weight is 253 g/mol. The first-order valence-electron chi connectivity index (χ1n) is 6.20. The molecule has 0 amide bonds. The summed E-state index contributed by atoms with van der Waals surface area (Å²) in [5.74, 6) is 0. The van der Waals surface area contributed by atoms with E-state index in [0.29, 0.717) is 0 Å². The van der Waals surface area contributed by atoms with Crippen LogP contribution in [0, 0.1) is 0 Å². The number of benzene rings is 1. The highest BCUT2D eigenvalue weighted by atomic mass is 16.3. The topological polar surface area (TPSA) is 53.9 Å². The van der Waals surface area contributed by atoms with Gasteiger partial charge in [0.15, 0.2) is 0 Å². The van der Waals surface area contributed by atoms with E-state index in [0.717, 1.165) is 22.5 Å². The highest BCUT2D eigenvalue weighted by Gasteiger charge is 2.06. The lowest BCUT2D eigenvalue weighted by molar-refractivity contribution is 0.562. The van der Waals surface area contributed by atoms with E-state index < -0.39 is 0 Å². The third kappa shape index (κ3) is 2.52. The number of rotatable bonds is 4. The van der Waals surface area contributed by atoms with Gasteiger partial charge in [0.1, 0.15) is 0 Å². The van der Waals surface area contributed by atoms with Gasteiger partial charge in [-0.1, -0.05) is 12.1 Å². The molecule has 0 saturated heterocycles. The van der Waals surface area contributed by atoms with Gasteiger partial charge in [0.05, 0.1) is 36.8 Å². The molecule has 0 saturated carbocycles. The van der Waals surface area contributed by atoms with Gasteiger partial charge in [0.25, 0.3) is 0 Å². The fourth-order valence-electron chi connectivity index (χ4n) is 2.01. The number of H-pyrrole nitrogens is 1. The number of imidazole rings is 1. The number of hydrogen-bond donors (Lipinski definition) is 2. The van der Waals surface area contributed by atoms with Crippen LogP contribution in [0.25, 0.3) is 11.3 Å². The van der Waals surface area contributed by atoms with E-state index in [1.807, 2.05) is 12.3 Å². The molecular formula is C15H15N3O. The first kappa shape index (κ1) is 11.6. The molecule has 19 heavy (non-hydrogen) atoms. The minimum atomic E-state index is 0.219. The Morgan fingerprint density at radius 1 is 1.21 bits per heavy atom. The molecular weight excluding hydrogens is 238 g/mol. The van der Waals surface area contributed by atoms with Crippen LogP contribution in [0.5, 0.6) is 0 Å². The first-order valence-corrected chi connectivity index (χ1v) is 6.20. The van der Waals surface area contributed by atoms with Crippen LogP contribution >= 0.6 is 0 Å². The van der Waals surface area contributed by atoms with E-state index in [4.69, 9.17) is 4.42 Å². The summed E-state index contributed by atoms with van der Waals surface area (Å²) in [4.78, 5) is 7.11. The van der Waals surface area contributed by atoms with E-state index in [-0.39, 0.29) is 6.04 Å². The average Bonchev–Trinajstić information content (AvgIpc) is 3.13. The van der Waals surface area contributed by atoms with Crippen molar-refractivity contribution in [2.75, 3.05) is 5.32 Å². The smallest absolute Gasteiger partial charge is 0.0955 e. The molecule has 0 bridgehead atoms. The second-order valence-corrected chi connectivity index (χ2v) is 4.47. The summed E-state index contributed by atoms with van der Waals surface area (Å²) < 4.78 is 5.09. The summed E-state index contributed by atoms with van der Waals surface area (Å²) in [5, 5.41) is 3.43. The highest BCUT2D eigenvalue weighted by Crippen LogP contribution is 2.22. The van der Waals surface area contributed by atoms with Crippen LogP contribution in [0.1, 0.15) is 18.5 Å². The van der Waals surface area contributed by atoms with Gasteiger partial charge in [-0.25, -0.2) is 4.98 Å². The maximum atomic E-state index is 5.09. The molecule has 0 radical (unpaired) electrons. The van der Waals surface area contributed by atoms with E-state index in [1.54, 1.807) is 18.9 Å². The zero-order valence-corrected chi connectivity index (χ0v) is 10.6. The highest BCUT2D eigenvalue weighted by molar-refractivity contribution is 5.62. The van der Waals surface area contributed by atoms with Crippen molar-refractivity contribution in [2.24, 2.45) is 0 Å². The molecule has 0 aliphatic rings. The first-order chi connectivity index (χ1) is 9.33.